The Morgan fingerprint density at radius 1 is 0.915 bits per heavy atom. The summed E-state index contributed by atoms with van der Waals surface area (Å²) < 4.78 is 35.6. The van der Waals surface area contributed by atoms with Crippen LogP contribution in [0.25, 0.3) is 0 Å². The van der Waals surface area contributed by atoms with Crippen LogP contribution in [-0.2, 0) is 25.9 Å². The van der Waals surface area contributed by atoms with Gasteiger partial charge in [0.2, 0.25) is 11.8 Å². The number of aromatic nitrogens is 1. The quantitative estimate of drug-likeness (QED) is 0.102. The van der Waals surface area contributed by atoms with Crippen molar-refractivity contribution in [1.82, 2.24) is 4.98 Å². The molecule has 1 aliphatic rings. The maximum absolute atomic E-state index is 13.4. The van der Waals surface area contributed by atoms with E-state index in [1.807, 2.05) is 0 Å². The molecule has 47 heavy (non-hydrogen) atoms. The second kappa shape index (κ2) is 16.2. The van der Waals surface area contributed by atoms with Crippen LogP contribution in [0.15, 0.2) is 60.8 Å². The first-order chi connectivity index (χ1) is 22.6. The number of fused-ring (bicyclic) bond motifs is 1. The average Bonchev–Trinajstić information content (AvgIpc) is 3.38. The number of carbonyl (C=O) groups is 3. The highest BCUT2D eigenvalue weighted by molar-refractivity contribution is 6.14. The Kier molecular flexibility index (Phi) is 12.1. The van der Waals surface area contributed by atoms with Gasteiger partial charge in [-0.3, -0.25) is 24.9 Å². The van der Waals surface area contributed by atoms with Gasteiger partial charge >= 0.3 is 6.29 Å². The zero-order valence-corrected chi connectivity index (χ0v) is 25.8. The maximum atomic E-state index is 13.4. The molecular weight excluding hydrogens is 622 g/mol. The summed E-state index contributed by atoms with van der Waals surface area (Å²) in [7, 11) is 0. The van der Waals surface area contributed by atoms with E-state index in [2.05, 4.69) is 34.9 Å². The predicted octanol–water partition coefficient (Wildman–Crippen LogP) is 6.22. The molecule has 3 aromatic rings. The number of hydrogen-bond acceptors (Lipinski definition) is 11. The third-order valence-corrected chi connectivity index (χ3v) is 7.42. The molecule has 4 rings (SSSR count). The molecule has 2 atom stereocenters. The molecule has 2 aromatic carbocycles. The molecule has 0 aliphatic carbocycles. The van der Waals surface area contributed by atoms with Crippen LogP contribution >= 0.6 is 0 Å². The molecule has 3 amide bonds. The summed E-state index contributed by atoms with van der Waals surface area (Å²) in [4.78, 5) is 53.8. The van der Waals surface area contributed by atoms with E-state index in [0.29, 0.717) is 24.1 Å². The van der Waals surface area contributed by atoms with Crippen LogP contribution in [0.1, 0.15) is 68.3 Å². The fraction of sp³-hybridized carbons (Fsp3) is 0.375. The van der Waals surface area contributed by atoms with E-state index in [4.69, 9.17) is 10.5 Å². The van der Waals surface area contributed by atoms with Crippen molar-refractivity contribution in [2.75, 3.05) is 15.5 Å². The number of anilines is 3. The van der Waals surface area contributed by atoms with Gasteiger partial charge in [-0.2, -0.15) is 0 Å². The highest BCUT2D eigenvalue weighted by atomic mass is 19.3. The molecule has 0 spiro atoms. The number of benzene rings is 2. The van der Waals surface area contributed by atoms with E-state index in [0.717, 1.165) is 4.90 Å². The Morgan fingerprint density at radius 2 is 1.55 bits per heavy atom. The van der Waals surface area contributed by atoms with Gasteiger partial charge in [-0.25, -0.2) is 19.7 Å². The largest absolute Gasteiger partial charge is 0.586 e. The van der Waals surface area contributed by atoms with E-state index < -0.39 is 36.2 Å². The molecule has 13 nitrogen and oxygen atoms in total. The zero-order valence-electron chi connectivity index (χ0n) is 25.8. The van der Waals surface area contributed by atoms with Crippen molar-refractivity contribution in [3.05, 3.63) is 71.9 Å². The van der Waals surface area contributed by atoms with Crippen molar-refractivity contribution in [2.45, 2.75) is 77.4 Å². The van der Waals surface area contributed by atoms with Gasteiger partial charge in [0.25, 0.3) is 5.91 Å². The number of alkyl halides is 2. The minimum atomic E-state index is -3.79. The van der Waals surface area contributed by atoms with E-state index in [-0.39, 0.29) is 60.8 Å². The van der Waals surface area contributed by atoms with Gasteiger partial charge in [0.15, 0.2) is 11.5 Å². The van der Waals surface area contributed by atoms with E-state index >= 15 is 0 Å². The molecule has 4 N–H and O–H groups in total. The predicted molar refractivity (Wildman–Crippen MR) is 165 cm³/mol. The Hall–Kier alpha value is -4.70. The van der Waals surface area contributed by atoms with Crippen LogP contribution in [0.3, 0.4) is 0 Å². The molecule has 252 valence electrons. The van der Waals surface area contributed by atoms with Crippen molar-refractivity contribution in [1.29, 1.82) is 0 Å². The number of imide groups is 1. The summed E-state index contributed by atoms with van der Waals surface area (Å²) in [6, 6.07) is 13.8. The number of para-hydroxylation sites is 1. The second-order valence-corrected chi connectivity index (χ2v) is 10.7. The first-order valence-corrected chi connectivity index (χ1v) is 15.0. The fourth-order valence-electron chi connectivity index (χ4n) is 4.80. The summed E-state index contributed by atoms with van der Waals surface area (Å²) in [5.41, 5.74) is 1.54. The monoisotopic (exact) mass is 658 g/mol. The first-order valence-electron chi connectivity index (χ1n) is 15.0. The topological polar surface area (TPSA) is 169 Å². The lowest BCUT2D eigenvalue weighted by Gasteiger charge is -2.22. The van der Waals surface area contributed by atoms with Crippen LogP contribution in [0.2, 0.25) is 0 Å². The van der Waals surface area contributed by atoms with Crippen LogP contribution in [0.4, 0.5) is 26.0 Å². The lowest BCUT2D eigenvalue weighted by molar-refractivity contribution is -0.286. The van der Waals surface area contributed by atoms with Crippen LogP contribution in [0.5, 0.6) is 11.5 Å². The lowest BCUT2D eigenvalue weighted by Crippen LogP contribution is -2.38. The standard InChI is InChI=1S/C32H36F2N4O9/c1-3-22(46-42)10-13-29(39)38(30(40)14-11-23(4-2)47-43)28-17-20(15-16-35-28)19-36-25-8-6-5-7-24(25)31(41)37-21-9-12-26-27(18-21)45-32(33,34)44-26/h5-9,12,15-18,22-23,36,42-43H,3-4,10-11,13-14,19H2,1-2H3,(H,37,41). The summed E-state index contributed by atoms with van der Waals surface area (Å²) >= 11 is 0. The molecule has 2 unspecified atom stereocenters. The molecule has 0 saturated heterocycles. The smallest absolute Gasteiger partial charge is 0.395 e. The number of amides is 3. The number of nitrogens with zero attached hydrogens (tertiary/aromatic N) is 2. The van der Waals surface area contributed by atoms with Crippen molar-refractivity contribution in [3.8, 4) is 11.5 Å². The summed E-state index contributed by atoms with van der Waals surface area (Å²) in [5.74, 6) is -1.90. The van der Waals surface area contributed by atoms with Crippen molar-refractivity contribution >= 4 is 34.9 Å². The minimum Gasteiger partial charge on any atom is -0.395 e. The Balaban J connectivity index is 1.48. The molecular formula is C32H36F2N4O9. The highest BCUT2D eigenvalue weighted by Gasteiger charge is 2.43. The lowest BCUT2D eigenvalue weighted by atomic mass is 10.1. The fourth-order valence-corrected chi connectivity index (χ4v) is 4.80. The SMILES string of the molecule is CCC(CCC(=O)N(C(=O)CCC(CC)OO)c1cc(CNc2ccccc2C(=O)Nc2ccc3c(c2)OC(F)(F)O3)ccn1)OO. The number of rotatable bonds is 16. The van der Waals surface area contributed by atoms with Crippen LogP contribution in [0, 0.1) is 0 Å². The molecule has 1 aliphatic heterocycles. The zero-order chi connectivity index (χ0) is 34.0. The average molecular weight is 659 g/mol. The minimum absolute atomic E-state index is 0.0784. The van der Waals surface area contributed by atoms with Crippen LogP contribution in [-0.4, -0.2) is 51.7 Å². The number of nitrogens with one attached hydrogen (secondary N) is 2. The van der Waals surface area contributed by atoms with Crippen molar-refractivity contribution < 1.29 is 52.9 Å². The van der Waals surface area contributed by atoms with Gasteiger partial charge in [-0.1, -0.05) is 26.0 Å². The first kappa shape index (κ1) is 35.2. The second-order valence-electron chi connectivity index (χ2n) is 10.7. The number of ether oxygens (including phenoxy) is 2. The molecule has 0 radical (unpaired) electrons. The summed E-state index contributed by atoms with van der Waals surface area (Å²) in [6.07, 6.45) is -2.45. The Morgan fingerprint density at radius 3 is 2.19 bits per heavy atom. The highest BCUT2D eigenvalue weighted by Crippen LogP contribution is 2.42. The number of halogens is 2. The normalized spacial score (nSPS) is 14.3. The van der Waals surface area contributed by atoms with Gasteiger partial charge in [0, 0.05) is 43.0 Å². The van der Waals surface area contributed by atoms with Gasteiger partial charge in [0.05, 0.1) is 17.8 Å². The van der Waals surface area contributed by atoms with Crippen LogP contribution < -0.4 is 25.0 Å². The maximum Gasteiger partial charge on any atom is 0.586 e. The Bertz CT molecular complexity index is 1520. The number of hydrogen-bond donors (Lipinski definition) is 4. The molecule has 0 bridgehead atoms. The molecule has 1 aromatic heterocycles. The molecule has 0 saturated carbocycles. The number of carbonyl (C=O) groups excluding carboxylic acids is 3. The van der Waals surface area contributed by atoms with E-state index in [9.17, 15) is 23.2 Å². The summed E-state index contributed by atoms with van der Waals surface area (Å²) in [5, 5.41) is 24.0. The van der Waals surface area contributed by atoms with Gasteiger partial charge in [-0.15, -0.1) is 8.78 Å². The van der Waals surface area contributed by atoms with Crippen molar-refractivity contribution in [2.24, 2.45) is 0 Å². The molecule has 2 heterocycles. The third-order valence-electron chi connectivity index (χ3n) is 7.42. The summed E-state index contributed by atoms with van der Waals surface area (Å²) in [6.45, 7) is 3.74. The number of pyridine rings is 1. The van der Waals surface area contributed by atoms with E-state index in [1.54, 1.807) is 50.2 Å². The van der Waals surface area contributed by atoms with Gasteiger partial charge < -0.3 is 20.1 Å². The van der Waals surface area contributed by atoms with Gasteiger partial charge in [-0.05, 0) is 67.6 Å². The van der Waals surface area contributed by atoms with Gasteiger partial charge in [0.1, 0.15) is 5.82 Å². The van der Waals surface area contributed by atoms with E-state index in [1.165, 1.54) is 24.4 Å². The van der Waals surface area contributed by atoms with Crippen molar-refractivity contribution in [3.63, 3.8) is 0 Å². The third kappa shape index (κ3) is 9.42. The molecule has 0 fully saturated rings. The molecule has 15 heteroatoms. The Labute approximate surface area is 269 Å².